The molecule has 0 atom stereocenters. The summed E-state index contributed by atoms with van der Waals surface area (Å²) in [7, 11) is 0. The molecule has 1 N–H and O–H groups in total. The Morgan fingerprint density at radius 3 is 2.86 bits per heavy atom. The van der Waals surface area contributed by atoms with Crippen molar-refractivity contribution in [3.63, 3.8) is 0 Å². The van der Waals surface area contributed by atoms with E-state index in [1.807, 2.05) is 6.92 Å². The maximum Gasteiger partial charge on any atom is 0.147 e. The lowest BCUT2D eigenvalue weighted by Gasteiger charge is -2.08. The highest BCUT2D eigenvalue weighted by atomic mass is 35.5. The average molecular weight is 214 g/mol. The van der Waals surface area contributed by atoms with Gasteiger partial charge in [-0.1, -0.05) is 23.2 Å². The van der Waals surface area contributed by atoms with Crippen LogP contribution < -0.4 is 5.32 Å². The molecular formula is C11H13ClFN. The molecule has 14 heavy (non-hydrogen) atoms. The number of anilines is 1. The van der Waals surface area contributed by atoms with Crippen LogP contribution >= 0.6 is 11.6 Å². The van der Waals surface area contributed by atoms with E-state index in [1.54, 1.807) is 12.1 Å². The van der Waals surface area contributed by atoms with Crippen LogP contribution in [0.2, 0.25) is 5.02 Å². The normalized spacial score (nSPS) is 9.93. The highest BCUT2D eigenvalue weighted by Crippen LogP contribution is 2.24. The first-order valence-electron chi connectivity index (χ1n) is 4.43. The first-order valence-corrected chi connectivity index (χ1v) is 4.81. The van der Waals surface area contributed by atoms with Gasteiger partial charge in [0.1, 0.15) is 5.82 Å². The number of nitrogens with one attached hydrogen (secondary N) is 1. The minimum Gasteiger partial charge on any atom is -0.381 e. The molecule has 0 heterocycles. The van der Waals surface area contributed by atoms with Gasteiger partial charge in [-0.2, -0.15) is 0 Å². The van der Waals surface area contributed by atoms with E-state index in [1.165, 1.54) is 6.07 Å². The lowest BCUT2D eigenvalue weighted by molar-refractivity contribution is 0.630. The maximum absolute atomic E-state index is 13.2. The van der Waals surface area contributed by atoms with E-state index in [9.17, 15) is 4.39 Å². The zero-order valence-electron chi connectivity index (χ0n) is 8.11. The van der Waals surface area contributed by atoms with Gasteiger partial charge in [0.15, 0.2) is 0 Å². The molecule has 0 aliphatic rings. The van der Waals surface area contributed by atoms with E-state index in [4.69, 9.17) is 11.6 Å². The minimum absolute atomic E-state index is 0.320. The Hall–Kier alpha value is -1.02. The SMILES string of the molecule is C=C(C)CCNc1c(F)cccc1Cl. The molecule has 0 saturated carbocycles. The van der Waals surface area contributed by atoms with Crippen molar-refractivity contribution in [2.24, 2.45) is 0 Å². The van der Waals surface area contributed by atoms with E-state index in [2.05, 4.69) is 11.9 Å². The largest absolute Gasteiger partial charge is 0.381 e. The summed E-state index contributed by atoms with van der Waals surface area (Å²) in [6, 6.07) is 4.63. The van der Waals surface area contributed by atoms with Crippen molar-refractivity contribution in [3.8, 4) is 0 Å². The highest BCUT2D eigenvalue weighted by Gasteiger charge is 2.04. The quantitative estimate of drug-likeness (QED) is 0.749. The first kappa shape index (κ1) is 11.1. The third kappa shape index (κ3) is 3.04. The molecular weight excluding hydrogens is 201 g/mol. The summed E-state index contributed by atoms with van der Waals surface area (Å²) in [5.41, 5.74) is 1.43. The maximum atomic E-state index is 13.2. The molecule has 0 unspecified atom stereocenters. The molecule has 0 saturated heterocycles. The topological polar surface area (TPSA) is 12.0 Å². The van der Waals surface area contributed by atoms with Crippen LogP contribution in [0.25, 0.3) is 0 Å². The summed E-state index contributed by atoms with van der Waals surface area (Å²) in [5.74, 6) is -0.320. The Bertz CT molecular complexity index is 316. The molecule has 1 nitrogen and oxygen atoms in total. The predicted octanol–water partition coefficient (Wildman–Crippen LogP) is 3.86. The molecule has 0 amide bonds. The third-order valence-corrected chi connectivity index (χ3v) is 2.13. The lowest BCUT2D eigenvalue weighted by atomic mass is 10.2. The number of para-hydroxylation sites is 1. The third-order valence-electron chi connectivity index (χ3n) is 1.82. The smallest absolute Gasteiger partial charge is 0.147 e. The molecule has 0 aromatic heterocycles. The van der Waals surface area contributed by atoms with Crippen LogP contribution in [0.3, 0.4) is 0 Å². The van der Waals surface area contributed by atoms with Crippen LogP contribution in [-0.2, 0) is 0 Å². The molecule has 0 aliphatic heterocycles. The van der Waals surface area contributed by atoms with Gasteiger partial charge in [0.2, 0.25) is 0 Å². The van der Waals surface area contributed by atoms with Gasteiger partial charge in [0.05, 0.1) is 10.7 Å². The van der Waals surface area contributed by atoms with Gasteiger partial charge < -0.3 is 5.32 Å². The van der Waals surface area contributed by atoms with Crippen molar-refractivity contribution in [3.05, 3.63) is 41.2 Å². The second kappa shape index (κ2) is 5.01. The summed E-state index contributed by atoms with van der Waals surface area (Å²) in [4.78, 5) is 0. The monoisotopic (exact) mass is 213 g/mol. The van der Waals surface area contributed by atoms with Gasteiger partial charge in [-0.15, -0.1) is 6.58 Å². The minimum atomic E-state index is -0.320. The van der Waals surface area contributed by atoms with Gasteiger partial charge >= 0.3 is 0 Å². The molecule has 0 aliphatic carbocycles. The van der Waals surface area contributed by atoms with Crippen LogP contribution in [-0.4, -0.2) is 6.54 Å². The Labute approximate surface area is 88.6 Å². The molecule has 1 aromatic rings. The number of benzene rings is 1. The molecule has 0 spiro atoms. The number of hydrogen-bond donors (Lipinski definition) is 1. The van der Waals surface area contributed by atoms with Crippen LogP contribution in [0.15, 0.2) is 30.4 Å². The van der Waals surface area contributed by atoms with Crippen molar-refractivity contribution in [2.75, 3.05) is 11.9 Å². The number of rotatable bonds is 4. The molecule has 76 valence electrons. The molecule has 3 heteroatoms. The van der Waals surface area contributed by atoms with Crippen molar-refractivity contribution in [1.82, 2.24) is 0 Å². The zero-order chi connectivity index (χ0) is 10.6. The summed E-state index contributed by atoms with van der Waals surface area (Å²) in [6.45, 7) is 6.35. The average Bonchev–Trinajstić information content (AvgIpc) is 2.09. The molecule has 0 fully saturated rings. The predicted molar refractivity (Wildman–Crippen MR) is 59.3 cm³/mol. The number of hydrogen-bond acceptors (Lipinski definition) is 1. The fraction of sp³-hybridized carbons (Fsp3) is 0.273. The zero-order valence-corrected chi connectivity index (χ0v) is 8.87. The van der Waals surface area contributed by atoms with E-state index < -0.39 is 0 Å². The van der Waals surface area contributed by atoms with Gasteiger partial charge in [0, 0.05) is 6.54 Å². The van der Waals surface area contributed by atoms with Gasteiger partial charge in [-0.25, -0.2) is 4.39 Å². The second-order valence-corrected chi connectivity index (χ2v) is 3.64. The van der Waals surface area contributed by atoms with E-state index >= 15 is 0 Å². The van der Waals surface area contributed by atoms with Crippen LogP contribution in [0.1, 0.15) is 13.3 Å². The van der Waals surface area contributed by atoms with Crippen LogP contribution in [0, 0.1) is 5.82 Å². The summed E-state index contributed by atoms with van der Waals surface area (Å²) in [6.07, 6.45) is 0.810. The Balaban J connectivity index is 2.62. The first-order chi connectivity index (χ1) is 6.61. The van der Waals surface area contributed by atoms with E-state index in [-0.39, 0.29) is 5.82 Å². The fourth-order valence-electron chi connectivity index (χ4n) is 1.07. The fourth-order valence-corrected chi connectivity index (χ4v) is 1.30. The van der Waals surface area contributed by atoms with Crippen molar-refractivity contribution in [1.29, 1.82) is 0 Å². The van der Waals surface area contributed by atoms with Gasteiger partial charge in [-0.05, 0) is 25.5 Å². The van der Waals surface area contributed by atoms with E-state index in [0.29, 0.717) is 17.3 Å². The van der Waals surface area contributed by atoms with Crippen molar-refractivity contribution in [2.45, 2.75) is 13.3 Å². The van der Waals surface area contributed by atoms with Gasteiger partial charge in [-0.3, -0.25) is 0 Å². The van der Waals surface area contributed by atoms with E-state index in [0.717, 1.165) is 12.0 Å². The Morgan fingerprint density at radius 1 is 1.57 bits per heavy atom. The molecule has 1 rings (SSSR count). The number of halogens is 2. The molecule has 0 bridgehead atoms. The lowest BCUT2D eigenvalue weighted by Crippen LogP contribution is -2.04. The van der Waals surface area contributed by atoms with Crippen molar-refractivity contribution >= 4 is 17.3 Å². The summed E-state index contributed by atoms with van der Waals surface area (Å²) < 4.78 is 13.2. The van der Waals surface area contributed by atoms with Crippen molar-refractivity contribution < 1.29 is 4.39 Å². The standard InChI is InChI=1S/C11H13ClFN/c1-8(2)6-7-14-11-9(12)4-3-5-10(11)13/h3-5,14H,1,6-7H2,2H3. The van der Waals surface area contributed by atoms with Crippen LogP contribution in [0.5, 0.6) is 0 Å². The van der Waals surface area contributed by atoms with Gasteiger partial charge in [0.25, 0.3) is 0 Å². The summed E-state index contributed by atoms with van der Waals surface area (Å²) >= 11 is 5.82. The Kier molecular flexibility index (Phi) is 3.96. The summed E-state index contributed by atoms with van der Waals surface area (Å²) in [5, 5.41) is 3.35. The molecule has 0 radical (unpaired) electrons. The highest BCUT2D eigenvalue weighted by molar-refractivity contribution is 6.33. The Morgan fingerprint density at radius 2 is 2.29 bits per heavy atom. The second-order valence-electron chi connectivity index (χ2n) is 3.23. The van der Waals surface area contributed by atoms with Crippen LogP contribution in [0.4, 0.5) is 10.1 Å². The molecule has 1 aromatic carbocycles.